The van der Waals surface area contributed by atoms with E-state index in [9.17, 15) is 10.0 Å². The van der Waals surface area contributed by atoms with Crippen molar-refractivity contribution < 1.29 is 5.21 Å². The molecule has 0 spiro atoms. The molecule has 2 aromatic carbocycles. The third kappa shape index (κ3) is 2.87. The minimum Gasteiger partial charge on any atom is -0.425 e. The van der Waals surface area contributed by atoms with Gasteiger partial charge in [0.1, 0.15) is 0 Å². The predicted octanol–water partition coefficient (Wildman–Crippen LogP) is 3.34. The van der Waals surface area contributed by atoms with E-state index in [-0.39, 0.29) is 0 Å². The molecule has 0 amide bonds. The van der Waals surface area contributed by atoms with Gasteiger partial charge in [-0.1, -0.05) is 60.7 Å². The van der Waals surface area contributed by atoms with Crippen molar-refractivity contribution in [3.05, 3.63) is 94.4 Å². The minimum atomic E-state index is -0.415. The lowest BCUT2D eigenvalue weighted by atomic mass is 10.0. The molecule has 3 aromatic rings. The van der Waals surface area contributed by atoms with E-state index >= 15 is 0 Å². The van der Waals surface area contributed by atoms with Gasteiger partial charge in [0.15, 0.2) is 0 Å². The molecule has 0 saturated heterocycles. The maximum Gasteiger partial charge on any atom is 0.283 e. The third-order valence-electron chi connectivity index (χ3n) is 3.42. The first kappa shape index (κ1) is 13.2. The highest BCUT2D eigenvalue weighted by molar-refractivity contribution is 5.63. The Labute approximate surface area is 122 Å². The Morgan fingerprint density at radius 2 is 1.43 bits per heavy atom. The summed E-state index contributed by atoms with van der Waals surface area (Å²) in [6.45, 7) is 0. The minimum absolute atomic E-state index is 0.415. The molecule has 3 heteroatoms. The molecule has 1 aromatic heterocycles. The van der Waals surface area contributed by atoms with Crippen LogP contribution in [0.2, 0.25) is 0 Å². The van der Waals surface area contributed by atoms with Crippen molar-refractivity contribution >= 4 is 0 Å². The van der Waals surface area contributed by atoms with E-state index in [4.69, 9.17) is 0 Å². The van der Waals surface area contributed by atoms with Gasteiger partial charge >= 0.3 is 0 Å². The van der Waals surface area contributed by atoms with E-state index in [0.29, 0.717) is 12.1 Å². The Kier molecular flexibility index (Phi) is 3.56. The summed E-state index contributed by atoms with van der Waals surface area (Å²) in [6.07, 6.45) is 0.507. The zero-order valence-corrected chi connectivity index (χ0v) is 11.4. The zero-order valence-electron chi connectivity index (χ0n) is 11.4. The number of aromatic nitrogens is 1. The van der Waals surface area contributed by atoms with E-state index in [1.165, 1.54) is 6.07 Å². The Morgan fingerprint density at radius 1 is 0.810 bits per heavy atom. The van der Waals surface area contributed by atoms with E-state index in [2.05, 4.69) is 0 Å². The maximum atomic E-state index is 11.9. The maximum absolute atomic E-state index is 11.9. The van der Waals surface area contributed by atoms with Crippen molar-refractivity contribution in [1.82, 2.24) is 4.73 Å². The normalized spacial score (nSPS) is 10.5. The molecule has 0 aliphatic heterocycles. The third-order valence-corrected chi connectivity index (χ3v) is 3.42. The Balaban J connectivity index is 2.05. The summed E-state index contributed by atoms with van der Waals surface area (Å²) in [4.78, 5) is 11.9. The van der Waals surface area contributed by atoms with Crippen LogP contribution in [-0.2, 0) is 6.42 Å². The highest BCUT2D eigenvalue weighted by Crippen LogP contribution is 2.19. The lowest BCUT2D eigenvalue weighted by Crippen LogP contribution is -2.20. The molecule has 104 valence electrons. The Morgan fingerprint density at radius 3 is 2.10 bits per heavy atom. The molecule has 0 radical (unpaired) electrons. The number of hydrogen-bond donors (Lipinski definition) is 1. The highest BCUT2D eigenvalue weighted by atomic mass is 16.5. The second kappa shape index (κ2) is 5.67. The zero-order chi connectivity index (χ0) is 14.7. The SMILES string of the molecule is O=c1cc(-c2ccccc2)cc(Cc2ccccc2)n1O. The molecule has 3 nitrogen and oxygen atoms in total. The van der Waals surface area contributed by atoms with Crippen LogP contribution >= 0.6 is 0 Å². The van der Waals surface area contributed by atoms with Gasteiger partial charge < -0.3 is 5.21 Å². The first-order valence-electron chi connectivity index (χ1n) is 6.78. The van der Waals surface area contributed by atoms with Crippen molar-refractivity contribution in [2.45, 2.75) is 6.42 Å². The van der Waals surface area contributed by atoms with Crippen LogP contribution in [0.5, 0.6) is 0 Å². The Bertz CT molecular complexity index is 792. The van der Waals surface area contributed by atoms with Crippen molar-refractivity contribution in [3.63, 3.8) is 0 Å². The van der Waals surface area contributed by atoms with E-state index in [1.54, 1.807) is 0 Å². The summed E-state index contributed by atoms with van der Waals surface area (Å²) in [5.74, 6) is 0. The molecular weight excluding hydrogens is 262 g/mol. The van der Waals surface area contributed by atoms with E-state index in [0.717, 1.165) is 21.4 Å². The average Bonchev–Trinajstić information content (AvgIpc) is 2.53. The van der Waals surface area contributed by atoms with Crippen molar-refractivity contribution in [2.24, 2.45) is 0 Å². The van der Waals surface area contributed by atoms with Crippen LogP contribution in [0.4, 0.5) is 0 Å². The van der Waals surface area contributed by atoms with Gasteiger partial charge in [-0.15, -0.1) is 0 Å². The summed E-state index contributed by atoms with van der Waals surface area (Å²) >= 11 is 0. The second-order valence-corrected chi connectivity index (χ2v) is 4.91. The average molecular weight is 277 g/mol. The number of pyridine rings is 1. The van der Waals surface area contributed by atoms with Gasteiger partial charge in [-0.3, -0.25) is 4.79 Å². The molecule has 0 fully saturated rings. The number of benzene rings is 2. The summed E-state index contributed by atoms with van der Waals surface area (Å²) in [5, 5.41) is 9.93. The molecule has 21 heavy (non-hydrogen) atoms. The fourth-order valence-electron chi connectivity index (χ4n) is 2.35. The van der Waals surface area contributed by atoms with Crippen LogP contribution in [0.3, 0.4) is 0 Å². The molecule has 0 aliphatic rings. The second-order valence-electron chi connectivity index (χ2n) is 4.91. The monoisotopic (exact) mass is 277 g/mol. The summed E-state index contributed by atoms with van der Waals surface area (Å²) in [6, 6.07) is 22.7. The fourth-order valence-corrected chi connectivity index (χ4v) is 2.35. The number of nitrogens with zero attached hydrogens (tertiary/aromatic N) is 1. The fraction of sp³-hybridized carbons (Fsp3) is 0.0556. The van der Waals surface area contributed by atoms with Gasteiger partial charge in [-0.25, -0.2) is 0 Å². The molecule has 0 atom stereocenters. The van der Waals surface area contributed by atoms with Gasteiger partial charge in [0, 0.05) is 12.5 Å². The lowest BCUT2D eigenvalue weighted by Gasteiger charge is -2.09. The van der Waals surface area contributed by atoms with Gasteiger partial charge in [0.25, 0.3) is 5.56 Å². The van der Waals surface area contributed by atoms with Crippen LogP contribution in [0, 0.1) is 0 Å². The largest absolute Gasteiger partial charge is 0.425 e. The first-order chi connectivity index (χ1) is 10.2. The summed E-state index contributed by atoms with van der Waals surface area (Å²) in [7, 11) is 0. The summed E-state index contributed by atoms with van der Waals surface area (Å²) < 4.78 is 0.722. The van der Waals surface area contributed by atoms with Gasteiger partial charge in [0.2, 0.25) is 0 Å². The van der Waals surface area contributed by atoms with Crippen LogP contribution in [0.15, 0.2) is 77.6 Å². The quantitative estimate of drug-likeness (QED) is 0.746. The topological polar surface area (TPSA) is 42.2 Å². The molecule has 1 N–H and O–H groups in total. The standard InChI is InChI=1S/C18H15NO2/c20-18-13-16(15-9-5-2-6-10-15)12-17(19(18)21)11-14-7-3-1-4-8-14/h1-10,12-13,21H,11H2. The van der Waals surface area contributed by atoms with Crippen molar-refractivity contribution in [3.8, 4) is 11.1 Å². The van der Waals surface area contributed by atoms with E-state index in [1.807, 2.05) is 66.7 Å². The highest BCUT2D eigenvalue weighted by Gasteiger charge is 2.08. The Hall–Kier alpha value is -2.81. The van der Waals surface area contributed by atoms with Crippen LogP contribution in [0.25, 0.3) is 11.1 Å². The molecule has 0 aliphatic carbocycles. The van der Waals surface area contributed by atoms with Crippen molar-refractivity contribution in [1.29, 1.82) is 0 Å². The molecular formula is C18H15NO2. The number of rotatable bonds is 3. The van der Waals surface area contributed by atoms with Gasteiger partial charge in [-0.05, 0) is 22.8 Å². The van der Waals surface area contributed by atoms with Crippen LogP contribution in [-0.4, -0.2) is 9.94 Å². The van der Waals surface area contributed by atoms with Crippen LogP contribution < -0.4 is 5.56 Å². The smallest absolute Gasteiger partial charge is 0.283 e. The predicted molar refractivity (Wildman–Crippen MR) is 82.6 cm³/mol. The molecule has 0 unspecified atom stereocenters. The van der Waals surface area contributed by atoms with Crippen LogP contribution in [0.1, 0.15) is 11.3 Å². The molecule has 0 bridgehead atoms. The molecule has 0 saturated carbocycles. The van der Waals surface area contributed by atoms with E-state index < -0.39 is 5.56 Å². The summed E-state index contributed by atoms with van der Waals surface area (Å²) in [5.41, 5.74) is 2.99. The number of hydrogen-bond acceptors (Lipinski definition) is 2. The van der Waals surface area contributed by atoms with Gasteiger partial charge in [-0.2, -0.15) is 4.73 Å². The van der Waals surface area contributed by atoms with Crippen molar-refractivity contribution in [2.75, 3.05) is 0 Å². The molecule has 3 rings (SSSR count). The first-order valence-corrected chi connectivity index (χ1v) is 6.78. The molecule has 1 heterocycles. The van der Waals surface area contributed by atoms with Gasteiger partial charge in [0.05, 0.1) is 5.69 Å². The lowest BCUT2D eigenvalue weighted by molar-refractivity contribution is 0.166.